The summed E-state index contributed by atoms with van der Waals surface area (Å²) in [7, 11) is 0. The van der Waals surface area contributed by atoms with E-state index in [2.05, 4.69) is 5.32 Å². The Morgan fingerprint density at radius 2 is 2.24 bits per heavy atom. The van der Waals surface area contributed by atoms with Crippen LogP contribution in [0.25, 0.3) is 0 Å². The van der Waals surface area contributed by atoms with Gasteiger partial charge in [-0.3, -0.25) is 0 Å². The minimum atomic E-state index is -0.0295. The molecule has 0 aliphatic carbocycles. The topological polar surface area (TPSA) is 58.4 Å². The van der Waals surface area contributed by atoms with Gasteiger partial charge in [0.15, 0.2) is 0 Å². The number of rotatable bonds is 1. The van der Waals surface area contributed by atoms with Gasteiger partial charge in [0.1, 0.15) is 0 Å². The van der Waals surface area contributed by atoms with Crippen molar-refractivity contribution in [2.45, 2.75) is 6.42 Å². The minimum absolute atomic E-state index is 0.0295. The molecular formula is C12H17N3OS. The highest BCUT2D eigenvalue weighted by molar-refractivity contribution is 7.99. The number of nitrogens with zero attached hydrogens (tertiary/aromatic N) is 1. The Morgan fingerprint density at radius 1 is 1.35 bits per heavy atom. The van der Waals surface area contributed by atoms with Gasteiger partial charge in [-0.1, -0.05) is 6.07 Å². The summed E-state index contributed by atoms with van der Waals surface area (Å²) in [6.45, 7) is 1.65. The van der Waals surface area contributed by atoms with Crippen molar-refractivity contribution < 1.29 is 4.79 Å². The van der Waals surface area contributed by atoms with Gasteiger partial charge in [-0.15, -0.1) is 0 Å². The first-order valence-corrected chi connectivity index (χ1v) is 6.90. The van der Waals surface area contributed by atoms with Gasteiger partial charge in [-0.05, 0) is 30.4 Å². The van der Waals surface area contributed by atoms with Gasteiger partial charge >= 0.3 is 6.03 Å². The fourth-order valence-corrected chi connectivity index (χ4v) is 2.65. The highest BCUT2D eigenvalue weighted by atomic mass is 32.2. The molecule has 1 fully saturated rings. The summed E-state index contributed by atoms with van der Waals surface area (Å²) in [5.74, 6) is 2.16. The van der Waals surface area contributed by atoms with Crippen LogP contribution in [0.2, 0.25) is 0 Å². The van der Waals surface area contributed by atoms with Crippen molar-refractivity contribution in [1.29, 1.82) is 0 Å². The lowest BCUT2D eigenvalue weighted by atomic mass is 10.3. The molecular weight excluding hydrogens is 234 g/mol. The van der Waals surface area contributed by atoms with E-state index in [9.17, 15) is 4.79 Å². The van der Waals surface area contributed by atoms with Crippen LogP contribution in [0.4, 0.5) is 16.2 Å². The molecule has 0 bridgehead atoms. The number of hydrogen-bond donors (Lipinski definition) is 2. The Kier molecular flexibility index (Phi) is 4.14. The lowest BCUT2D eigenvalue weighted by Crippen LogP contribution is -2.36. The number of hydrogen-bond acceptors (Lipinski definition) is 3. The number of carbonyl (C=O) groups excluding carboxylic acids is 1. The van der Waals surface area contributed by atoms with E-state index in [4.69, 9.17) is 5.73 Å². The summed E-state index contributed by atoms with van der Waals surface area (Å²) >= 11 is 1.90. The minimum Gasteiger partial charge on any atom is -0.399 e. The van der Waals surface area contributed by atoms with E-state index in [0.717, 1.165) is 36.7 Å². The molecule has 1 aromatic carbocycles. The molecule has 3 N–H and O–H groups in total. The van der Waals surface area contributed by atoms with Crippen LogP contribution >= 0.6 is 11.8 Å². The molecule has 92 valence electrons. The van der Waals surface area contributed by atoms with E-state index in [0.29, 0.717) is 5.69 Å². The van der Waals surface area contributed by atoms with Gasteiger partial charge in [-0.2, -0.15) is 11.8 Å². The summed E-state index contributed by atoms with van der Waals surface area (Å²) in [6, 6.07) is 7.23. The van der Waals surface area contributed by atoms with E-state index in [-0.39, 0.29) is 6.03 Å². The smallest absolute Gasteiger partial charge is 0.321 e. The second-order valence-corrected chi connectivity index (χ2v) is 5.23. The van der Waals surface area contributed by atoms with Crippen molar-refractivity contribution in [3.8, 4) is 0 Å². The summed E-state index contributed by atoms with van der Waals surface area (Å²) in [5.41, 5.74) is 7.09. The Bertz CT molecular complexity index is 389. The fourth-order valence-electron chi connectivity index (χ4n) is 1.77. The summed E-state index contributed by atoms with van der Waals surface area (Å²) in [6.07, 6.45) is 1.06. The normalized spacial score (nSPS) is 16.4. The molecule has 2 amide bonds. The molecule has 0 unspecified atom stereocenters. The van der Waals surface area contributed by atoms with Gasteiger partial charge in [-0.25, -0.2) is 4.79 Å². The highest BCUT2D eigenvalue weighted by Gasteiger charge is 2.15. The molecule has 17 heavy (non-hydrogen) atoms. The van der Waals surface area contributed by atoms with Crippen molar-refractivity contribution in [1.82, 2.24) is 4.90 Å². The zero-order chi connectivity index (χ0) is 12.1. The van der Waals surface area contributed by atoms with Crippen LogP contribution in [0, 0.1) is 0 Å². The van der Waals surface area contributed by atoms with Crippen molar-refractivity contribution >= 4 is 29.2 Å². The third-order valence-corrected chi connectivity index (χ3v) is 3.70. The zero-order valence-electron chi connectivity index (χ0n) is 9.69. The van der Waals surface area contributed by atoms with Crippen molar-refractivity contribution in [3.05, 3.63) is 24.3 Å². The van der Waals surface area contributed by atoms with Gasteiger partial charge in [0.2, 0.25) is 0 Å². The average molecular weight is 251 g/mol. The van der Waals surface area contributed by atoms with Crippen LogP contribution in [0.3, 0.4) is 0 Å². The number of nitrogen functional groups attached to an aromatic ring is 1. The number of amides is 2. The van der Waals surface area contributed by atoms with E-state index in [1.807, 2.05) is 28.8 Å². The molecule has 1 aromatic rings. The number of nitrogens with one attached hydrogen (secondary N) is 1. The lowest BCUT2D eigenvalue weighted by Gasteiger charge is -2.20. The number of carbonyl (C=O) groups is 1. The van der Waals surface area contributed by atoms with Crippen LogP contribution < -0.4 is 11.1 Å². The molecule has 0 saturated carbocycles. The molecule has 4 nitrogen and oxygen atoms in total. The summed E-state index contributed by atoms with van der Waals surface area (Å²) < 4.78 is 0. The van der Waals surface area contributed by atoms with E-state index >= 15 is 0 Å². The molecule has 0 aromatic heterocycles. The standard InChI is InChI=1S/C12H17N3OS/c13-10-3-1-4-11(9-10)14-12(16)15-5-2-7-17-8-6-15/h1,3-4,9H,2,5-8,13H2,(H,14,16). The molecule has 0 atom stereocenters. The predicted octanol–water partition coefficient (Wildman–Crippen LogP) is 2.24. The Hall–Kier alpha value is -1.36. The Balaban J connectivity index is 1.95. The number of anilines is 2. The van der Waals surface area contributed by atoms with Crippen LogP contribution in [-0.2, 0) is 0 Å². The summed E-state index contributed by atoms with van der Waals surface area (Å²) in [5, 5.41) is 2.88. The second kappa shape index (κ2) is 5.82. The molecule has 1 aliphatic heterocycles. The van der Waals surface area contributed by atoms with E-state index < -0.39 is 0 Å². The molecule has 0 spiro atoms. The Morgan fingerprint density at radius 3 is 3.06 bits per heavy atom. The van der Waals surface area contributed by atoms with Gasteiger partial charge in [0.05, 0.1) is 0 Å². The predicted molar refractivity (Wildman–Crippen MR) is 73.4 cm³/mol. The van der Waals surface area contributed by atoms with Crippen molar-refractivity contribution in [2.75, 3.05) is 35.6 Å². The first kappa shape index (κ1) is 12.1. The Labute approximate surface area is 106 Å². The number of urea groups is 1. The first-order valence-electron chi connectivity index (χ1n) is 5.75. The van der Waals surface area contributed by atoms with Crippen molar-refractivity contribution in [2.24, 2.45) is 0 Å². The van der Waals surface area contributed by atoms with Gasteiger partial charge in [0.25, 0.3) is 0 Å². The fraction of sp³-hybridized carbons (Fsp3) is 0.417. The van der Waals surface area contributed by atoms with Crippen LogP contribution in [0.1, 0.15) is 6.42 Å². The number of thioether (sulfide) groups is 1. The largest absolute Gasteiger partial charge is 0.399 e. The molecule has 1 aliphatic rings. The van der Waals surface area contributed by atoms with Crippen LogP contribution in [-0.4, -0.2) is 35.5 Å². The molecule has 1 saturated heterocycles. The lowest BCUT2D eigenvalue weighted by molar-refractivity contribution is 0.216. The number of nitrogens with two attached hydrogens (primary N) is 1. The van der Waals surface area contributed by atoms with Crippen molar-refractivity contribution in [3.63, 3.8) is 0 Å². The first-order chi connectivity index (χ1) is 8.25. The average Bonchev–Trinajstić information content (AvgIpc) is 2.57. The van der Waals surface area contributed by atoms with Crippen LogP contribution in [0.5, 0.6) is 0 Å². The van der Waals surface area contributed by atoms with E-state index in [1.54, 1.807) is 12.1 Å². The maximum Gasteiger partial charge on any atom is 0.321 e. The van der Waals surface area contributed by atoms with Gasteiger partial charge in [0, 0.05) is 30.2 Å². The zero-order valence-corrected chi connectivity index (χ0v) is 10.5. The third kappa shape index (κ3) is 3.56. The van der Waals surface area contributed by atoms with Crippen LogP contribution in [0.15, 0.2) is 24.3 Å². The number of benzene rings is 1. The SMILES string of the molecule is Nc1cccc(NC(=O)N2CCCSCC2)c1. The molecule has 0 radical (unpaired) electrons. The molecule has 1 heterocycles. The maximum absolute atomic E-state index is 12.0. The second-order valence-electron chi connectivity index (χ2n) is 4.01. The quantitative estimate of drug-likeness (QED) is 0.753. The molecule has 5 heteroatoms. The van der Waals surface area contributed by atoms with E-state index in [1.165, 1.54) is 0 Å². The maximum atomic E-state index is 12.0. The monoisotopic (exact) mass is 251 g/mol. The summed E-state index contributed by atoms with van der Waals surface area (Å²) in [4.78, 5) is 13.9. The molecule has 2 rings (SSSR count). The van der Waals surface area contributed by atoms with Gasteiger partial charge < -0.3 is 16.0 Å². The third-order valence-electron chi connectivity index (χ3n) is 2.65. The highest BCUT2D eigenvalue weighted by Crippen LogP contribution is 2.14.